The summed E-state index contributed by atoms with van der Waals surface area (Å²) in [6.07, 6.45) is 0. The number of methoxy groups -OCH3 is 1. The van der Waals surface area contributed by atoms with E-state index in [1.54, 1.807) is 7.11 Å². The molecule has 0 amide bonds. The molecule has 3 N–H and O–H groups in total. The molecule has 0 fully saturated rings. The molecule has 6 nitrogen and oxygen atoms in total. The van der Waals surface area contributed by atoms with Crippen LogP contribution in [0.25, 0.3) is 0 Å². The number of nitrogens with zero attached hydrogens (tertiary/aromatic N) is 3. The van der Waals surface area contributed by atoms with E-state index in [1.165, 1.54) is 5.01 Å². The van der Waals surface area contributed by atoms with Crippen molar-refractivity contribution < 1.29 is 9.94 Å². The molecule has 0 aromatic heterocycles. The van der Waals surface area contributed by atoms with Crippen LogP contribution in [0.1, 0.15) is 12.5 Å². The summed E-state index contributed by atoms with van der Waals surface area (Å²) in [6.45, 7) is 2.62. The molecule has 0 aliphatic carbocycles. The van der Waals surface area contributed by atoms with Gasteiger partial charge in [-0.05, 0) is 17.3 Å². The first-order valence-corrected chi connectivity index (χ1v) is 5.64. The van der Waals surface area contributed by atoms with Gasteiger partial charge in [0.05, 0.1) is 19.4 Å². The molecule has 1 aromatic rings. The molecule has 1 aromatic carbocycles. The smallest absolute Gasteiger partial charge is 0.253 e. The van der Waals surface area contributed by atoms with Crippen molar-refractivity contribution in [1.82, 2.24) is 5.01 Å². The fraction of sp³-hybridized carbons (Fsp3) is 0.333. The van der Waals surface area contributed by atoms with Crippen LogP contribution in [0.4, 0.5) is 0 Å². The van der Waals surface area contributed by atoms with Crippen LogP contribution in [0.3, 0.4) is 0 Å². The minimum atomic E-state index is -0.00764. The van der Waals surface area contributed by atoms with Crippen molar-refractivity contribution in [3.63, 3.8) is 0 Å². The summed E-state index contributed by atoms with van der Waals surface area (Å²) in [5, 5.41) is 17.5. The summed E-state index contributed by atoms with van der Waals surface area (Å²) >= 11 is 0. The number of oxime groups is 1. The normalized spacial score (nSPS) is 19.9. The lowest BCUT2D eigenvalue weighted by atomic mass is 9.99. The Morgan fingerprint density at radius 2 is 2.28 bits per heavy atom. The Balaban J connectivity index is 2.38. The van der Waals surface area contributed by atoms with Gasteiger partial charge in [0.15, 0.2) is 0 Å². The van der Waals surface area contributed by atoms with Crippen LogP contribution >= 0.6 is 0 Å². The average molecular weight is 248 g/mol. The summed E-state index contributed by atoms with van der Waals surface area (Å²) in [5.41, 5.74) is 7.34. The number of hydrazone groups is 1. The second kappa shape index (κ2) is 4.95. The lowest BCUT2D eigenvalue weighted by Crippen LogP contribution is -2.32. The topological polar surface area (TPSA) is 83.4 Å². The van der Waals surface area contributed by atoms with Gasteiger partial charge in [-0.15, -0.1) is 0 Å². The number of rotatable bonds is 2. The van der Waals surface area contributed by atoms with E-state index in [9.17, 15) is 0 Å². The number of hydrogen-bond donors (Lipinski definition) is 2. The Hall–Kier alpha value is -2.24. The third-order valence-electron chi connectivity index (χ3n) is 2.89. The van der Waals surface area contributed by atoms with Crippen molar-refractivity contribution in [3.8, 4) is 5.75 Å². The quantitative estimate of drug-likeness (QED) is 0.355. The fourth-order valence-electron chi connectivity index (χ4n) is 1.99. The first-order valence-electron chi connectivity index (χ1n) is 5.64. The highest BCUT2D eigenvalue weighted by molar-refractivity contribution is 6.06. The van der Waals surface area contributed by atoms with E-state index in [-0.39, 0.29) is 11.9 Å². The second-order valence-electron chi connectivity index (χ2n) is 4.13. The van der Waals surface area contributed by atoms with E-state index in [0.717, 1.165) is 17.0 Å². The Bertz CT molecular complexity index is 499. The van der Waals surface area contributed by atoms with Gasteiger partial charge < -0.3 is 15.7 Å². The summed E-state index contributed by atoms with van der Waals surface area (Å²) in [4.78, 5) is 0. The maximum atomic E-state index is 8.67. The zero-order valence-electron chi connectivity index (χ0n) is 10.4. The van der Waals surface area contributed by atoms with Gasteiger partial charge in [0, 0.05) is 11.5 Å². The van der Waals surface area contributed by atoms with Crippen molar-refractivity contribution in [2.75, 3.05) is 13.7 Å². The zero-order valence-corrected chi connectivity index (χ0v) is 10.4. The fourth-order valence-corrected chi connectivity index (χ4v) is 1.99. The molecule has 1 unspecified atom stereocenters. The van der Waals surface area contributed by atoms with Gasteiger partial charge in [0.1, 0.15) is 5.75 Å². The monoisotopic (exact) mass is 248 g/mol. The summed E-state index contributed by atoms with van der Waals surface area (Å²) in [7, 11) is 1.63. The molecule has 96 valence electrons. The molecular formula is C12H16N4O2. The predicted molar refractivity (Wildman–Crippen MR) is 68.8 cm³/mol. The van der Waals surface area contributed by atoms with Gasteiger partial charge in [0.2, 0.25) is 0 Å². The van der Waals surface area contributed by atoms with Gasteiger partial charge >= 0.3 is 0 Å². The summed E-state index contributed by atoms with van der Waals surface area (Å²) in [6, 6.07) is 7.67. The molecule has 2 rings (SSSR count). The number of nitrogens with two attached hydrogens (primary N) is 1. The molecule has 0 saturated carbocycles. The minimum absolute atomic E-state index is 0.00764. The van der Waals surface area contributed by atoms with Crippen LogP contribution < -0.4 is 10.5 Å². The molecule has 0 saturated heterocycles. The third kappa shape index (κ3) is 2.09. The number of benzene rings is 1. The third-order valence-corrected chi connectivity index (χ3v) is 2.89. The number of hydrogen-bond acceptors (Lipinski definition) is 4. The van der Waals surface area contributed by atoms with Crippen molar-refractivity contribution >= 4 is 11.7 Å². The zero-order chi connectivity index (χ0) is 13.1. The molecule has 18 heavy (non-hydrogen) atoms. The minimum Gasteiger partial charge on any atom is -0.496 e. The Morgan fingerprint density at radius 3 is 2.94 bits per heavy atom. The van der Waals surface area contributed by atoms with E-state index >= 15 is 0 Å². The second-order valence-corrected chi connectivity index (χ2v) is 4.13. The number of para-hydroxylation sites is 1. The Morgan fingerprint density at radius 1 is 1.56 bits per heavy atom. The van der Waals surface area contributed by atoms with Crippen LogP contribution in [0.15, 0.2) is 34.5 Å². The van der Waals surface area contributed by atoms with Gasteiger partial charge in [-0.3, -0.25) is 0 Å². The highest BCUT2D eigenvalue weighted by Gasteiger charge is 2.27. The standard InChI is InChI=1S/C12H16N4O2/c1-8-7-16(12(13)15-17)14-11(8)9-5-3-4-6-10(9)18-2/h3-6,8,17H,7H2,1-2H3,(H2,13,15). The van der Waals surface area contributed by atoms with Gasteiger partial charge in [-0.1, -0.05) is 19.1 Å². The van der Waals surface area contributed by atoms with E-state index in [4.69, 9.17) is 15.7 Å². The van der Waals surface area contributed by atoms with Crippen molar-refractivity contribution in [2.45, 2.75) is 6.92 Å². The van der Waals surface area contributed by atoms with Crippen molar-refractivity contribution in [3.05, 3.63) is 29.8 Å². The van der Waals surface area contributed by atoms with Crippen LogP contribution in [0.5, 0.6) is 5.75 Å². The van der Waals surface area contributed by atoms with Crippen LogP contribution in [0, 0.1) is 5.92 Å². The van der Waals surface area contributed by atoms with Crippen molar-refractivity contribution in [1.29, 1.82) is 0 Å². The van der Waals surface area contributed by atoms with E-state index in [0.29, 0.717) is 6.54 Å². The summed E-state index contributed by atoms with van der Waals surface area (Å²) in [5.74, 6) is 0.942. The van der Waals surface area contributed by atoms with Gasteiger partial charge in [-0.25, -0.2) is 5.01 Å². The van der Waals surface area contributed by atoms with Crippen LogP contribution in [0.2, 0.25) is 0 Å². The lowest BCUT2D eigenvalue weighted by Gasteiger charge is -2.10. The number of ether oxygens (including phenoxy) is 1. The lowest BCUT2D eigenvalue weighted by molar-refractivity contribution is 0.301. The maximum absolute atomic E-state index is 8.67. The first kappa shape index (κ1) is 12.2. The molecule has 0 bridgehead atoms. The highest BCUT2D eigenvalue weighted by Crippen LogP contribution is 2.25. The molecule has 1 aliphatic rings. The van der Waals surface area contributed by atoms with Crippen LogP contribution in [-0.4, -0.2) is 35.5 Å². The molecule has 0 spiro atoms. The molecule has 1 atom stereocenters. The van der Waals surface area contributed by atoms with E-state index < -0.39 is 0 Å². The molecule has 1 aliphatic heterocycles. The Kier molecular flexibility index (Phi) is 3.36. The highest BCUT2D eigenvalue weighted by atomic mass is 16.5. The Labute approximate surface area is 105 Å². The van der Waals surface area contributed by atoms with Crippen LogP contribution in [-0.2, 0) is 0 Å². The molecule has 1 heterocycles. The maximum Gasteiger partial charge on any atom is 0.253 e. The first-order chi connectivity index (χ1) is 8.67. The molecular weight excluding hydrogens is 232 g/mol. The van der Waals surface area contributed by atoms with Gasteiger partial charge in [0.25, 0.3) is 5.96 Å². The summed E-state index contributed by atoms with van der Waals surface area (Å²) < 4.78 is 5.32. The van der Waals surface area contributed by atoms with E-state index in [2.05, 4.69) is 10.3 Å². The van der Waals surface area contributed by atoms with Crippen molar-refractivity contribution in [2.24, 2.45) is 21.9 Å². The predicted octanol–water partition coefficient (Wildman–Crippen LogP) is 1.05. The average Bonchev–Trinajstić information content (AvgIpc) is 2.79. The van der Waals surface area contributed by atoms with E-state index in [1.807, 2.05) is 31.2 Å². The number of guanidine groups is 1. The van der Waals surface area contributed by atoms with Gasteiger partial charge in [-0.2, -0.15) is 5.10 Å². The SMILES string of the molecule is COc1ccccc1C1=NN(C(N)=NO)CC1C. The largest absolute Gasteiger partial charge is 0.496 e. The molecule has 6 heteroatoms. The molecule has 0 radical (unpaired) electrons.